The Morgan fingerprint density at radius 1 is 1.37 bits per heavy atom. The SMILES string of the molecule is CN(C(=O)Cc1cc(Br)ccc1F)C1CCCCC1. The Bertz CT molecular complexity index is 457. The Labute approximate surface area is 122 Å². The van der Waals surface area contributed by atoms with Gasteiger partial charge in [0.05, 0.1) is 6.42 Å². The van der Waals surface area contributed by atoms with Crippen LogP contribution in [-0.4, -0.2) is 23.9 Å². The minimum atomic E-state index is -0.311. The van der Waals surface area contributed by atoms with Crippen LogP contribution in [0.15, 0.2) is 22.7 Å². The number of halogens is 2. The highest BCUT2D eigenvalue weighted by atomic mass is 79.9. The molecular weight excluding hydrogens is 309 g/mol. The van der Waals surface area contributed by atoms with Crippen LogP contribution in [0.3, 0.4) is 0 Å². The summed E-state index contributed by atoms with van der Waals surface area (Å²) in [6.07, 6.45) is 5.92. The normalized spacial score (nSPS) is 16.4. The lowest BCUT2D eigenvalue weighted by atomic mass is 9.94. The Hall–Kier alpha value is -0.900. The summed E-state index contributed by atoms with van der Waals surface area (Å²) in [4.78, 5) is 14.0. The third-order valence-electron chi connectivity index (χ3n) is 3.87. The largest absolute Gasteiger partial charge is 0.342 e. The van der Waals surface area contributed by atoms with Crippen LogP contribution in [0.2, 0.25) is 0 Å². The van der Waals surface area contributed by atoms with E-state index >= 15 is 0 Å². The van der Waals surface area contributed by atoms with Gasteiger partial charge in [0.1, 0.15) is 5.82 Å². The minimum Gasteiger partial charge on any atom is -0.342 e. The molecule has 0 atom stereocenters. The van der Waals surface area contributed by atoms with Gasteiger partial charge in [-0.05, 0) is 36.6 Å². The summed E-state index contributed by atoms with van der Waals surface area (Å²) < 4.78 is 14.4. The Morgan fingerprint density at radius 2 is 2.05 bits per heavy atom. The third-order valence-corrected chi connectivity index (χ3v) is 4.36. The van der Waals surface area contributed by atoms with E-state index < -0.39 is 0 Å². The van der Waals surface area contributed by atoms with Gasteiger partial charge in [0.15, 0.2) is 0 Å². The zero-order valence-corrected chi connectivity index (χ0v) is 12.7. The molecule has 19 heavy (non-hydrogen) atoms. The van der Waals surface area contributed by atoms with Crippen molar-refractivity contribution in [3.63, 3.8) is 0 Å². The molecule has 1 amide bonds. The van der Waals surface area contributed by atoms with E-state index in [0.717, 1.165) is 17.3 Å². The second-order valence-corrected chi connectivity index (χ2v) is 6.12. The topological polar surface area (TPSA) is 20.3 Å². The zero-order valence-electron chi connectivity index (χ0n) is 11.2. The number of hydrogen-bond acceptors (Lipinski definition) is 1. The maximum absolute atomic E-state index is 13.6. The van der Waals surface area contributed by atoms with Crippen molar-refractivity contribution in [1.29, 1.82) is 0 Å². The quantitative estimate of drug-likeness (QED) is 0.823. The molecule has 1 aliphatic rings. The van der Waals surface area contributed by atoms with Gasteiger partial charge < -0.3 is 4.90 Å². The van der Waals surface area contributed by atoms with Gasteiger partial charge in [0.25, 0.3) is 0 Å². The molecule has 104 valence electrons. The van der Waals surface area contributed by atoms with Crippen LogP contribution in [0.5, 0.6) is 0 Å². The Balaban J connectivity index is 2.01. The Morgan fingerprint density at radius 3 is 2.74 bits per heavy atom. The van der Waals surface area contributed by atoms with Crippen molar-refractivity contribution in [1.82, 2.24) is 4.90 Å². The lowest BCUT2D eigenvalue weighted by molar-refractivity contribution is -0.131. The first-order chi connectivity index (χ1) is 9.08. The van der Waals surface area contributed by atoms with E-state index in [0.29, 0.717) is 11.6 Å². The summed E-state index contributed by atoms with van der Waals surface area (Å²) in [5.41, 5.74) is 0.460. The van der Waals surface area contributed by atoms with Crippen LogP contribution in [0.4, 0.5) is 4.39 Å². The van der Waals surface area contributed by atoms with Crippen molar-refractivity contribution in [2.45, 2.75) is 44.6 Å². The highest BCUT2D eigenvalue weighted by molar-refractivity contribution is 9.10. The van der Waals surface area contributed by atoms with Gasteiger partial charge in [0, 0.05) is 17.6 Å². The number of nitrogens with zero attached hydrogens (tertiary/aromatic N) is 1. The first-order valence-corrected chi connectivity index (χ1v) is 7.57. The highest BCUT2D eigenvalue weighted by Gasteiger charge is 2.22. The molecule has 2 nitrogen and oxygen atoms in total. The molecule has 0 bridgehead atoms. The maximum atomic E-state index is 13.6. The molecule has 0 aromatic heterocycles. The molecular formula is C15H19BrFNO. The van der Waals surface area contributed by atoms with Crippen molar-refractivity contribution >= 4 is 21.8 Å². The highest BCUT2D eigenvalue weighted by Crippen LogP contribution is 2.23. The first-order valence-electron chi connectivity index (χ1n) is 6.77. The average Bonchev–Trinajstić information content (AvgIpc) is 2.43. The van der Waals surface area contributed by atoms with Gasteiger partial charge >= 0.3 is 0 Å². The molecule has 1 fully saturated rings. The molecule has 0 N–H and O–H groups in total. The van der Waals surface area contributed by atoms with Gasteiger partial charge in [-0.3, -0.25) is 4.79 Å². The second-order valence-electron chi connectivity index (χ2n) is 5.21. The van der Waals surface area contributed by atoms with E-state index in [4.69, 9.17) is 0 Å². The number of carbonyl (C=O) groups is 1. The molecule has 0 saturated heterocycles. The van der Waals surface area contributed by atoms with Crippen LogP contribution >= 0.6 is 15.9 Å². The zero-order chi connectivity index (χ0) is 13.8. The number of hydrogen-bond donors (Lipinski definition) is 0. The smallest absolute Gasteiger partial charge is 0.227 e. The van der Waals surface area contributed by atoms with Gasteiger partial charge in [-0.15, -0.1) is 0 Å². The maximum Gasteiger partial charge on any atom is 0.227 e. The monoisotopic (exact) mass is 327 g/mol. The van der Waals surface area contributed by atoms with E-state index in [1.54, 1.807) is 17.0 Å². The molecule has 2 rings (SSSR count). The summed E-state index contributed by atoms with van der Waals surface area (Å²) in [5, 5.41) is 0. The molecule has 1 saturated carbocycles. The predicted molar refractivity (Wildman–Crippen MR) is 77.4 cm³/mol. The van der Waals surface area contributed by atoms with Crippen LogP contribution in [0, 0.1) is 5.82 Å². The van der Waals surface area contributed by atoms with E-state index in [-0.39, 0.29) is 18.1 Å². The molecule has 1 aromatic rings. The lowest BCUT2D eigenvalue weighted by Crippen LogP contribution is -2.39. The van der Waals surface area contributed by atoms with Crippen molar-refractivity contribution in [2.75, 3.05) is 7.05 Å². The summed E-state index contributed by atoms with van der Waals surface area (Å²) >= 11 is 3.31. The van der Waals surface area contributed by atoms with Crippen molar-refractivity contribution < 1.29 is 9.18 Å². The number of amides is 1. The number of benzene rings is 1. The molecule has 0 unspecified atom stereocenters. The molecule has 0 spiro atoms. The summed E-state index contributed by atoms with van der Waals surface area (Å²) in [6.45, 7) is 0. The number of rotatable bonds is 3. The Kier molecular flexibility index (Phi) is 4.97. The predicted octanol–water partition coefficient (Wildman–Crippen LogP) is 3.92. The average molecular weight is 328 g/mol. The van der Waals surface area contributed by atoms with Crippen LogP contribution in [-0.2, 0) is 11.2 Å². The first kappa shape index (κ1) is 14.5. The molecule has 1 aromatic carbocycles. The van der Waals surface area contributed by atoms with Crippen LogP contribution < -0.4 is 0 Å². The van der Waals surface area contributed by atoms with E-state index in [1.165, 1.54) is 25.3 Å². The van der Waals surface area contributed by atoms with Gasteiger partial charge in [-0.25, -0.2) is 4.39 Å². The summed E-state index contributed by atoms with van der Waals surface area (Å²) in [6, 6.07) is 5.06. The third kappa shape index (κ3) is 3.78. The standard InChI is InChI=1S/C15H19BrFNO/c1-18(13-5-3-2-4-6-13)15(19)10-11-9-12(16)7-8-14(11)17/h7-9,13H,2-6,10H2,1H3. The van der Waals surface area contributed by atoms with Crippen LogP contribution in [0.1, 0.15) is 37.7 Å². The van der Waals surface area contributed by atoms with Gasteiger partial charge in [-0.1, -0.05) is 35.2 Å². The van der Waals surface area contributed by atoms with Gasteiger partial charge in [-0.2, -0.15) is 0 Å². The van der Waals surface area contributed by atoms with Crippen molar-refractivity contribution in [3.05, 3.63) is 34.1 Å². The van der Waals surface area contributed by atoms with Gasteiger partial charge in [0.2, 0.25) is 5.91 Å². The van der Waals surface area contributed by atoms with E-state index in [1.807, 2.05) is 7.05 Å². The summed E-state index contributed by atoms with van der Waals surface area (Å²) in [5.74, 6) is -0.308. The molecule has 0 heterocycles. The fourth-order valence-electron chi connectivity index (χ4n) is 2.64. The summed E-state index contributed by atoms with van der Waals surface area (Å²) in [7, 11) is 1.84. The fourth-order valence-corrected chi connectivity index (χ4v) is 3.05. The van der Waals surface area contributed by atoms with E-state index in [2.05, 4.69) is 15.9 Å². The molecule has 0 aliphatic heterocycles. The number of carbonyl (C=O) groups excluding carboxylic acids is 1. The van der Waals surface area contributed by atoms with Crippen LogP contribution in [0.25, 0.3) is 0 Å². The van der Waals surface area contributed by atoms with E-state index in [9.17, 15) is 9.18 Å². The molecule has 0 radical (unpaired) electrons. The van der Waals surface area contributed by atoms with Crippen molar-refractivity contribution in [2.24, 2.45) is 0 Å². The van der Waals surface area contributed by atoms with Crippen molar-refractivity contribution in [3.8, 4) is 0 Å². The second kappa shape index (κ2) is 6.51. The lowest BCUT2D eigenvalue weighted by Gasteiger charge is -2.31. The fraction of sp³-hybridized carbons (Fsp3) is 0.533. The molecule has 4 heteroatoms. The minimum absolute atomic E-state index is 0.00361. The molecule has 1 aliphatic carbocycles. The number of likely N-dealkylation sites (N-methyl/N-ethyl adjacent to an activating group) is 1.